The number of likely N-dealkylation sites (N-methyl/N-ethyl adjacent to an activating group) is 1. The number of halogens is 2. The summed E-state index contributed by atoms with van der Waals surface area (Å²) in [6.45, 7) is 1.05. The number of rotatable bonds is 3. The zero-order valence-electron chi connectivity index (χ0n) is 12.9. The molecule has 0 aliphatic heterocycles. The van der Waals surface area contributed by atoms with Crippen LogP contribution in [0.4, 0.5) is 4.39 Å². The SMILES string of the molecule is CN(C)CC1=C(c2cc3c(F)cccc3s2)C2CCC1C2.Cl. The Labute approximate surface area is 141 Å². The molecule has 0 radical (unpaired) electrons. The van der Waals surface area contributed by atoms with Gasteiger partial charge in [-0.25, -0.2) is 4.39 Å². The average Bonchev–Trinajstić information content (AvgIpc) is 3.11. The molecule has 2 unspecified atom stereocenters. The molecule has 1 aromatic heterocycles. The number of benzene rings is 1. The Kier molecular flexibility index (Phi) is 4.32. The Morgan fingerprint density at radius 1 is 1.23 bits per heavy atom. The molecule has 0 saturated heterocycles. The van der Waals surface area contributed by atoms with Gasteiger partial charge in [0.2, 0.25) is 0 Å². The van der Waals surface area contributed by atoms with Crippen molar-refractivity contribution < 1.29 is 4.39 Å². The van der Waals surface area contributed by atoms with Gasteiger partial charge in [-0.1, -0.05) is 6.07 Å². The van der Waals surface area contributed by atoms with Gasteiger partial charge >= 0.3 is 0 Å². The second-order valence-corrected chi connectivity index (χ2v) is 7.73. The van der Waals surface area contributed by atoms with Gasteiger partial charge in [0, 0.05) is 21.5 Å². The molecule has 118 valence electrons. The summed E-state index contributed by atoms with van der Waals surface area (Å²) in [6.07, 6.45) is 3.97. The Hall–Kier alpha value is -0.900. The van der Waals surface area contributed by atoms with E-state index in [1.807, 2.05) is 12.1 Å². The zero-order valence-corrected chi connectivity index (χ0v) is 14.6. The lowest BCUT2D eigenvalue weighted by molar-refractivity contribution is 0.423. The van der Waals surface area contributed by atoms with Crippen molar-refractivity contribution in [3.8, 4) is 0 Å². The van der Waals surface area contributed by atoms with Crippen LogP contribution in [-0.4, -0.2) is 25.5 Å². The van der Waals surface area contributed by atoms with Gasteiger partial charge in [-0.3, -0.25) is 0 Å². The summed E-state index contributed by atoms with van der Waals surface area (Å²) in [5.74, 6) is 1.39. The summed E-state index contributed by atoms with van der Waals surface area (Å²) in [5, 5.41) is 0.789. The minimum atomic E-state index is -0.0899. The summed E-state index contributed by atoms with van der Waals surface area (Å²) in [5.41, 5.74) is 3.16. The number of allylic oxidation sites excluding steroid dienone is 1. The fourth-order valence-electron chi connectivity index (χ4n) is 4.11. The van der Waals surface area contributed by atoms with Gasteiger partial charge < -0.3 is 4.90 Å². The molecule has 0 N–H and O–H groups in total. The topological polar surface area (TPSA) is 3.24 Å². The number of thiophene rings is 1. The van der Waals surface area contributed by atoms with Crippen LogP contribution in [0.25, 0.3) is 15.7 Å². The zero-order chi connectivity index (χ0) is 14.6. The van der Waals surface area contributed by atoms with Gasteiger partial charge in [0.15, 0.2) is 0 Å². The first-order valence-electron chi connectivity index (χ1n) is 7.69. The third kappa shape index (κ3) is 2.49. The lowest BCUT2D eigenvalue weighted by Gasteiger charge is -2.22. The first-order chi connectivity index (χ1) is 10.1. The van der Waals surface area contributed by atoms with Gasteiger partial charge in [-0.15, -0.1) is 23.7 Å². The monoisotopic (exact) mass is 337 g/mol. The van der Waals surface area contributed by atoms with Crippen LogP contribution in [0.3, 0.4) is 0 Å². The van der Waals surface area contributed by atoms with Crippen molar-refractivity contribution in [2.75, 3.05) is 20.6 Å². The third-order valence-corrected chi connectivity index (χ3v) is 6.07. The highest BCUT2D eigenvalue weighted by atomic mass is 35.5. The molecule has 1 heterocycles. The van der Waals surface area contributed by atoms with E-state index in [-0.39, 0.29) is 18.2 Å². The standard InChI is InChI=1S/C18H20FNS.ClH/c1-20(2)10-14-11-6-7-12(8-11)18(14)17-9-13-15(19)4-3-5-16(13)21-17;/h3-5,9,11-12H,6-8,10H2,1-2H3;1H. The molecule has 2 aromatic rings. The fourth-order valence-corrected chi connectivity index (χ4v) is 5.35. The molecule has 1 aromatic carbocycles. The largest absolute Gasteiger partial charge is 0.305 e. The second-order valence-electron chi connectivity index (χ2n) is 6.65. The van der Waals surface area contributed by atoms with Crippen LogP contribution in [0.1, 0.15) is 24.1 Å². The molecule has 2 bridgehead atoms. The third-order valence-electron chi connectivity index (χ3n) is 4.94. The van der Waals surface area contributed by atoms with E-state index in [1.54, 1.807) is 28.5 Å². The highest BCUT2D eigenvalue weighted by molar-refractivity contribution is 7.20. The molecule has 4 heteroatoms. The molecular weight excluding hydrogens is 317 g/mol. The minimum absolute atomic E-state index is 0. The number of hydrogen-bond donors (Lipinski definition) is 0. The Bertz CT molecular complexity index is 734. The van der Waals surface area contributed by atoms with E-state index in [2.05, 4.69) is 25.1 Å². The predicted octanol–water partition coefficient (Wildman–Crippen LogP) is 5.21. The van der Waals surface area contributed by atoms with Crippen LogP contribution >= 0.6 is 23.7 Å². The maximum atomic E-state index is 14.0. The Morgan fingerprint density at radius 2 is 2.00 bits per heavy atom. The lowest BCUT2D eigenvalue weighted by Crippen LogP contribution is -2.19. The number of fused-ring (bicyclic) bond motifs is 3. The molecular formula is C18H21ClFNS. The molecule has 1 nitrogen and oxygen atoms in total. The van der Waals surface area contributed by atoms with Crippen LogP contribution in [0.15, 0.2) is 29.8 Å². The van der Waals surface area contributed by atoms with Crippen molar-refractivity contribution in [1.29, 1.82) is 0 Å². The van der Waals surface area contributed by atoms with E-state index < -0.39 is 0 Å². The van der Waals surface area contributed by atoms with Crippen molar-refractivity contribution in [3.05, 3.63) is 40.5 Å². The van der Waals surface area contributed by atoms with Crippen molar-refractivity contribution in [2.45, 2.75) is 19.3 Å². The predicted molar refractivity (Wildman–Crippen MR) is 95.3 cm³/mol. The van der Waals surface area contributed by atoms with E-state index in [4.69, 9.17) is 0 Å². The van der Waals surface area contributed by atoms with Crippen LogP contribution in [0.5, 0.6) is 0 Å². The number of hydrogen-bond acceptors (Lipinski definition) is 2. The molecule has 0 amide bonds. The molecule has 1 fully saturated rings. The van der Waals surface area contributed by atoms with Crippen molar-refractivity contribution in [3.63, 3.8) is 0 Å². The quantitative estimate of drug-likeness (QED) is 0.743. The molecule has 0 spiro atoms. The van der Waals surface area contributed by atoms with E-state index in [1.165, 1.54) is 24.1 Å². The van der Waals surface area contributed by atoms with Crippen molar-refractivity contribution >= 4 is 39.4 Å². The summed E-state index contributed by atoms with van der Waals surface area (Å²) in [6, 6.07) is 7.50. The second kappa shape index (κ2) is 5.95. The highest BCUT2D eigenvalue weighted by Crippen LogP contribution is 2.54. The van der Waals surface area contributed by atoms with Crippen LogP contribution in [0.2, 0.25) is 0 Å². The van der Waals surface area contributed by atoms with Crippen molar-refractivity contribution in [2.24, 2.45) is 11.8 Å². The first kappa shape index (κ1) is 16.0. The molecule has 22 heavy (non-hydrogen) atoms. The Morgan fingerprint density at radius 3 is 2.73 bits per heavy atom. The lowest BCUT2D eigenvalue weighted by atomic mass is 9.90. The van der Waals surface area contributed by atoms with E-state index >= 15 is 0 Å². The van der Waals surface area contributed by atoms with Crippen LogP contribution in [-0.2, 0) is 0 Å². The van der Waals surface area contributed by atoms with E-state index in [0.29, 0.717) is 5.92 Å². The Balaban J connectivity index is 0.00000144. The van der Waals surface area contributed by atoms with E-state index in [9.17, 15) is 4.39 Å². The molecule has 2 atom stereocenters. The van der Waals surface area contributed by atoms with E-state index in [0.717, 1.165) is 22.5 Å². The van der Waals surface area contributed by atoms with Gasteiger partial charge in [-0.05, 0) is 74.5 Å². The fraction of sp³-hybridized carbons (Fsp3) is 0.444. The molecule has 4 rings (SSSR count). The number of nitrogens with zero attached hydrogens (tertiary/aromatic N) is 1. The smallest absolute Gasteiger partial charge is 0.131 e. The van der Waals surface area contributed by atoms with Gasteiger partial charge in [0.25, 0.3) is 0 Å². The first-order valence-corrected chi connectivity index (χ1v) is 8.51. The maximum absolute atomic E-state index is 14.0. The van der Waals surface area contributed by atoms with Gasteiger partial charge in [-0.2, -0.15) is 0 Å². The van der Waals surface area contributed by atoms with Gasteiger partial charge in [0.1, 0.15) is 5.82 Å². The maximum Gasteiger partial charge on any atom is 0.131 e. The molecule has 1 saturated carbocycles. The van der Waals surface area contributed by atoms with Gasteiger partial charge in [0.05, 0.1) is 0 Å². The van der Waals surface area contributed by atoms with Crippen molar-refractivity contribution in [1.82, 2.24) is 4.90 Å². The summed E-state index contributed by atoms with van der Waals surface area (Å²) >= 11 is 1.76. The van der Waals surface area contributed by atoms with Crippen LogP contribution in [0, 0.1) is 17.7 Å². The minimum Gasteiger partial charge on any atom is -0.305 e. The summed E-state index contributed by atoms with van der Waals surface area (Å²) in [4.78, 5) is 3.57. The average molecular weight is 338 g/mol. The molecule has 2 aliphatic carbocycles. The summed E-state index contributed by atoms with van der Waals surface area (Å²) < 4.78 is 15.0. The normalized spacial score (nSPS) is 23.6. The highest BCUT2D eigenvalue weighted by Gasteiger charge is 2.39. The summed E-state index contributed by atoms with van der Waals surface area (Å²) in [7, 11) is 4.28. The molecule has 2 aliphatic rings. The van der Waals surface area contributed by atoms with Crippen LogP contribution < -0.4 is 0 Å².